The summed E-state index contributed by atoms with van der Waals surface area (Å²) in [5.74, 6) is 1.32. The van der Waals surface area contributed by atoms with Gasteiger partial charge in [0.2, 0.25) is 4.77 Å². The van der Waals surface area contributed by atoms with Crippen molar-refractivity contribution in [2.75, 3.05) is 12.4 Å². The van der Waals surface area contributed by atoms with Crippen LogP contribution in [-0.2, 0) is 0 Å². The first-order valence-electron chi connectivity index (χ1n) is 4.61. The number of nitrogens with one attached hydrogen (secondary N) is 2. The number of hydrogen-bond donors (Lipinski definition) is 2. The highest BCUT2D eigenvalue weighted by atomic mass is 32.1. The van der Waals surface area contributed by atoms with Gasteiger partial charge in [-0.2, -0.15) is 10.1 Å². The first-order chi connectivity index (χ1) is 7.79. The Morgan fingerprint density at radius 3 is 2.94 bits per heavy atom. The van der Waals surface area contributed by atoms with Crippen LogP contribution in [0.5, 0.6) is 5.75 Å². The Hall–Kier alpha value is -1.95. The van der Waals surface area contributed by atoms with Crippen LogP contribution < -0.4 is 10.1 Å². The highest BCUT2D eigenvalue weighted by molar-refractivity contribution is 7.71. The smallest absolute Gasteiger partial charge is 0.215 e. The minimum Gasteiger partial charge on any atom is -0.495 e. The van der Waals surface area contributed by atoms with Gasteiger partial charge in [-0.25, -0.2) is 0 Å². The van der Waals surface area contributed by atoms with Crippen molar-refractivity contribution in [2.45, 2.75) is 0 Å². The van der Waals surface area contributed by atoms with Crippen molar-refractivity contribution in [2.24, 2.45) is 0 Å². The van der Waals surface area contributed by atoms with Crippen molar-refractivity contribution in [3.63, 3.8) is 0 Å². The van der Waals surface area contributed by atoms with Crippen LogP contribution in [-0.4, -0.2) is 22.3 Å². The van der Waals surface area contributed by atoms with Crippen molar-refractivity contribution in [1.29, 1.82) is 0 Å². The molecule has 0 aliphatic rings. The third-order valence-electron chi connectivity index (χ3n) is 1.94. The van der Waals surface area contributed by atoms with E-state index in [-0.39, 0.29) is 0 Å². The van der Waals surface area contributed by atoms with Gasteiger partial charge < -0.3 is 10.1 Å². The van der Waals surface area contributed by atoms with E-state index in [1.807, 2.05) is 24.3 Å². The summed E-state index contributed by atoms with van der Waals surface area (Å²) < 4.78 is 5.54. The Balaban J connectivity index is 2.30. The lowest BCUT2D eigenvalue weighted by Crippen LogP contribution is -1.98. The van der Waals surface area contributed by atoms with E-state index in [4.69, 9.17) is 17.0 Å². The van der Waals surface area contributed by atoms with E-state index in [1.54, 1.807) is 13.3 Å². The number of rotatable bonds is 3. The molecule has 0 aliphatic heterocycles. The van der Waals surface area contributed by atoms with Crippen molar-refractivity contribution < 1.29 is 4.74 Å². The molecule has 0 saturated heterocycles. The van der Waals surface area contributed by atoms with Crippen molar-refractivity contribution in [1.82, 2.24) is 15.2 Å². The van der Waals surface area contributed by atoms with Crippen LogP contribution in [0.2, 0.25) is 0 Å². The molecule has 0 aliphatic carbocycles. The molecule has 0 radical (unpaired) electrons. The summed E-state index contributed by atoms with van der Waals surface area (Å²) in [6.45, 7) is 0. The third-order valence-corrected chi connectivity index (χ3v) is 2.12. The quantitative estimate of drug-likeness (QED) is 0.798. The normalized spacial score (nSPS) is 9.81. The summed E-state index contributed by atoms with van der Waals surface area (Å²) in [5, 5.41) is 9.49. The fourth-order valence-electron chi connectivity index (χ4n) is 1.26. The fourth-order valence-corrected chi connectivity index (χ4v) is 1.41. The predicted octanol–water partition coefficient (Wildman–Crippen LogP) is 2.29. The lowest BCUT2D eigenvalue weighted by Gasteiger charge is -2.09. The van der Waals surface area contributed by atoms with Gasteiger partial charge in [0.15, 0.2) is 5.82 Å². The van der Waals surface area contributed by atoms with E-state index >= 15 is 0 Å². The minimum absolute atomic E-state index is 0.333. The maximum absolute atomic E-state index is 5.20. The van der Waals surface area contributed by atoms with Gasteiger partial charge in [0.25, 0.3) is 0 Å². The number of H-pyrrole nitrogens is 1. The second kappa shape index (κ2) is 4.71. The van der Waals surface area contributed by atoms with Gasteiger partial charge in [0.05, 0.1) is 19.0 Å². The number of anilines is 2. The van der Waals surface area contributed by atoms with Crippen LogP contribution in [0.3, 0.4) is 0 Å². The van der Waals surface area contributed by atoms with Gasteiger partial charge in [-0.05, 0) is 24.4 Å². The fraction of sp³-hybridized carbons (Fsp3) is 0.100. The van der Waals surface area contributed by atoms with Gasteiger partial charge in [0.1, 0.15) is 5.75 Å². The monoisotopic (exact) mass is 234 g/mol. The Morgan fingerprint density at radius 1 is 1.38 bits per heavy atom. The molecule has 0 bridgehead atoms. The van der Waals surface area contributed by atoms with E-state index in [1.165, 1.54) is 0 Å². The number of nitrogens with zero attached hydrogens (tertiary/aromatic N) is 2. The molecule has 0 saturated carbocycles. The Labute approximate surface area is 97.5 Å². The van der Waals surface area contributed by atoms with Crippen LogP contribution in [0, 0.1) is 4.77 Å². The molecule has 16 heavy (non-hydrogen) atoms. The minimum atomic E-state index is 0.333. The molecule has 0 unspecified atom stereocenters. The van der Waals surface area contributed by atoms with Crippen LogP contribution in [0.15, 0.2) is 30.5 Å². The summed E-state index contributed by atoms with van der Waals surface area (Å²) >= 11 is 4.88. The van der Waals surface area contributed by atoms with E-state index in [9.17, 15) is 0 Å². The lowest BCUT2D eigenvalue weighted by molar-refractivity contribution is 0.417. The predicted molar refractivity (Wildman–Crippen MR) is 63.5 cm³/mol. The molecular weight excluding hydrogens is 224 g/mol. The molecule has 1 aromatic heterocycles. The van der Waals surface area contributed by atoms with E-state index in [0.717, 1.165) is 11.4 Å². The average Bonchev–Trinajstić information content (AvgIpc) is 2.30. The SMILES string of the molecule is COc1ccccc1Nc1cn[nH]c(=S)n1. The number of aromatic nitrogens is 3. The number of methoxy groups -OCH3 is 1. The first-order valence-corrected chi connectivity index (χ1v) is 5.02. The van der Waals surface area contributed by atoms with Crippen LogP contribution in [0.25, 0.3) is 0 Å². The van der Waals surface area contributed by atoms with E-state index < -0.39 is 0 Å². The zero-order valence-corrected chi connectivity index (χ0v) is 9.41. The average molecular weight is 234 g/mol. The number of aromatic amines is 1. The standard InChI is InChI=1S/C10H10N4OS/c1-15-8-5-3-2-4-7(8)12-9-6-11-14-10(16)13-9/h2-6H,1H3,(H2,12,13,14,16). The summed E-state index contributed by atoms with van der Waals surface area (Å²) in [7, 11) is 1.61. The molecule has 1 aromatic carbocycles. The van der Waals surface area contributed by atoms with Gasteiger partial charge in [0, 0.05) is 0 Å². The second-order valence-corrected chi connectivity index (χ2v) is 3.38. The summed E-state index contributed by atoms with van der Waals surface area (Å²) in [4.78, 5) is 4.07. The molecule has 2 rings (SSSR count). The highest BCUT2D eigenvalue weighted by Gasteiger charge is 2.02. The van der Waals surface area contributed by atoms with Gasteiger partial charge in [-0.15, -0.1) is 0 Å². The van der Waals surface area contributed by atoms with Crippen LogP contribution in [0.1, 0.15) is 0 Å². The molecule has 5 nitrogen and oxygen atoms in total. The Kier molecular flexibility index (Phi) is 3.11. The molecular formula is C10H10N4OS. The highest BCUT2D eigenvalue weighted by Crippen LogP contribution is 2.25. The van der Waals surface area contributed by atoms with Gasteiger partial charge in [-0.3, -0.25) is 5.10 Å². The zero-order chi connectivity index (χ0) is 11.4. The molecule has 0 atom stereocenters. The Morgan fingerprint density at radius 2 is 2.19 bits per heavy atom. The molecule has 2 aromatic rings. The largest absolute Gasteiger partial charge is 0.495 e. The zero-order valence-electron chi connectivity index (χ0n) is 8.60. The number of benzene rings is 1. The Bertz CT molecular complexity index is 540. The molecule has 2 N–H and O–H groups in total. The molecule has 0 amide bonds. The number of ether oxygens (including phenoxy) is 1. The molecule has 6 heteroatoms. The third kappa shape index (κ3) is 2.34. The first kappa shape index (κ1) is 10.6. The molecule has 1 heterocycles. The maximum Gasteiger partial charge on any atom is 0.215 e. The summed E-state index contributed by atoms with van der Waals surface area (Å²) in [6.07, 6.45) is 1.56. The number of para-hydroxylation sites is 2. The van der Waals surface area contributed by atoms with E-state index in [0.29, 0.717) is 10.6 Å². The van der Waals surface area contributed by atoms with Gasteiger partial charge >= 0.3 is 0 Å². The summed E-state index contributed by atoms with van der Waals surface area (Å²) in [5.41, 5.74) is 0.819. The van der Waals surface area contributed by atoms with Gasteiger partial charge in [-0.1, -0.05) is 12.1 Å². The molecule has 82 valence electrons. The maximum atomic E-state index is 5.20. The van der Waals surface area contributed by atoms with E-state index in [2.05, 4.69) is 20.5 Å². The van der Waals surface area contributed by atoms with Crippen molar-refractivity contribution >= 4 is 23.7 Å². The van der Waals surface area contributed by atoms with Crippen molar-refractivity contribution in [3.8, 4) is 5.75 Å². The molecule has 0 fully saturated rings. The molecule has 0 spiro atoms. The van der Waals surface area contributed by atoms with Crippen LogP contribution in [0.4, 0.5) is 11.5 Å². The van der Waals surface area contributed by atoms with Crippen molar-refractivity contribution in [3.05, 3.63) is 35.2 Å². The lowest BCUT2D eigenvalue weighted by atomic mass is 10.3. The number of hydrogen-bond acceptors (Lipinski definition) is 5. The summed E-state index contributed by atoms with van der Waals surface area (Å²) in [6, 6.07) is 7.55. The topological polar surface area (TPSA) is 62.8 Å². The second-order valence-electron chi connectivity index (χ2n) is 3.00. The van der Waals surface area contributed by atoms with Crippen LogP contribution >= 0.6 is 12.2 Å².